The maximum Gasteiger partial charge on any atom is 0.180 e. The van der Waals surface area contributed by atoms with Gasteiger partial charge in [-0.05, 0) is 0 Å². The molecule has 6 heavy (non-hydrogen) atoms. The van der Waals surface area contributed by atoms with Crippen LogP contribution < -0.4 is 0 Å². The number of hydrogen-bond donors (Lipinski definition) is 0. The minimum absolute atomic E-state index is 0.255. The average Bonchev–Trinajstić information content (AvgIpc) is 2.12. The molecule has 0 fully saturated rings. The molecule has 0 radical (unpaired) electrons. The van der Waals surface area contributed by atoms with Crippen LogP contribution in [-0.2, 0) is 4.74 Å². The van der Waals surface area contributed by atoms with Gasteiger partial charge in [0.05, 0.1) is 6.54 Å². The average molecular weight is 87.1 g/mol. The summed E-state index contributed by atoms with van der Waals surface area (Å²) in [5.74, 6) is 0.255. The van der Waals surface area contributed by atoms with Crippen molar-refractivity contribution in [3.63, 3.8) is 0 Å². The van der Waals surface area contributed by atoms with Crippen LogP contribution >= 0.6 is 0 Å². The zero-order chi connectivity index (χ0) is 5.98. The minimum atomic E-state index is -1.03. The number of aliphatic imine (C=N–C) groups is 1. The Morgan fingerprint density at radius 1 is 2.17 bits per heavy atom. The van der Waals surface area contributed by atoms with Gasteiger partial charge < -0.3 is 4.74 Å². The van der Waals surface area contributed by atoms with E-state index in [2.05, 4.69) is 4.99 Å². The molecule has 34 valence electrons. The van der Waals surface area contributed by atoms with Gasteiger partial charge in [-0.1, -0.05) is 0 Å². The monoisotopic (exact) mass is 87.1 g/mol. The van der Waals surface area contributed by atoms with Crippen molar-refractivity contribution >= 4 is 5.90 Å². The summed E-state index contributed by atoms with van der Waals surface area (Å²) < 4.78 is 18.4. The van der Waals surface area contributed by atoms with Gasteiger partial charge in [0.2, 0.25) is 0 Å². The van der Waals surface area contributed by atoms with Gasteiger partial charge in [-0.25, -0.2) is 0 Å². The molecule has 0 aromatic carbocycles. The summed E-state index contributed by atoms with van der Waals surface area (Å²) >= 11 is 0. The highest BCUT2D eigenvalue weighted by atomic mass is 16.5. The second-order valence-electron chi connectivity index (χ2n) is 1.07. The van der Waals surface area contributed by atoms with E-state index in [4.69, 9.17) is 7.48 Å². The lowest BCUT2D eigenvalue weighted by Gasteiger charge is -1.86. The number of ether oxygens (including phenoxy) is 1. The summed E-state index contributed by atoms with van der Waals surface area (Å²) in [5.41, 5.74) is 0. The van der Waals surface area contributed by atoms with Crippen molar-refractivity contribution in [1.82, 2.24) is 0 Å². The summed E-state index contributed by atoms with van der Waals surface area (Å²) in [6.45, 7) is 0.130. The molecule has 1 aliphatic rings. The summed E-state index contributed by atoms with van der Waals surface area (Å²) in [5, 5.41) is 0. The number of nitrogens with zero attached hydrogens (tertiary/aromatic N) is 1. The van der Waals surface area contributed by atoms with E-state index in [-0.39, 0.29) is 5.90 Å². The quantitative estimate of drug-likeness (QED) is 0.420. The molecule has 0 amide bonds. The van der Waals surface area contributed by atoms with Gasteiger partial charge >= 0.3 is 0 Å². The Labute approximate surface area is 39.6 Å². The van der Waals surface area contributed by atoms with Crippen LogP contribution in [0.4, 0.5) is 0 Å². The molecule has 0 aromatic rings. The Hall–Kier alpha value is -0.530. The third-order valence-corrected chi connectivity index (χ3v) is 0.609. The van der Waals surface area contributed by atoms with E-state index in [0.717, 1.165) is 0 Å². The third kappa shape index (κ3) is 0.506. The fraction of sp³-hybridized carbons (Fsp3) is 0.750. The molecule has 0 unspecified atom stereocenters. The van der Waals surface area contributed by atoms with Gasteiger partial charge in [0.1, 0.15) is 6.61 Å². The first-order valence-corrected chi connectivity index (χ1v) is 1.82. The molecule has 0 spiro atoms. The van der Waals surface area contributed by atoms with E-state index in [1.807, 2.05) is 0 Å². The van der Waals surface area contributed by atoms with Crippen LogP contribution in [0.1, 0.15) is 9.62 Å². The maximum absolute atomic E-state index is 6.79. The summed E-state index contributed by atoms with van der Waals surface area (Å²) in [7, 11) is 0. The highest BCUT2D eigenvalue weighted by Gasteiger charge is 1.96. The second kappa shape index (κ2) is 1.29. The first-order valence-electron chi connectivity index (χ1n) is 2.98. The molecule has 0 saturated heterocycles. The van der Waals surface area contributed by atoms with E-state index in [9.17, 15) is 0 Å². The molecule has 0 bridgehead atoms. The third-order valence-electron chi connectivity index (χ3n) is 0.609. The molecule has 1 heterocycles. The van der Waals surface area contributed by atoms with Gasteiger partial charge in [0.15, 0.2) is 5.90 Å². The molecule has 2 heteroatoms. The molecule has 0 aromatic heterocycles. The fourth-order valence-electron chi connectivity index (χ4n) is 0.352. The van der Waals surface area contributed by atoms with Crippen LogP contribution in [0.3, 0.4) is 0 Å². The largest absolute Gasteiger partial charge is 0.479 e. The van der Waals surface area contributed by atoms with Gasteiger partial charge in [-0.15, -0.1) is 0 Å². The van der Waals surface area contributed by atoms with Crippen LogP contribution in [-0.4, -0.2) is 19.0 Å². The molecule has 0 saturated carbocycles. The molecular weight excluding hydrogens is 78.0 g/mol. The van der Waals surface area contributed by atoms with Crippen LogP contribution in [0.15, 0.2) is 4.99 Å². The van der Waals surface area contributed by atoms with E-state index >= 15 is 0 Å². The van der Waals surface area contributed by atoms with Crippen LogP contribution in [0.25, 0.3) is 0 Å². The van der Waals surface area contributed by atoms with Crippen molar-refractivity contribution in [3.8, 4) is 0 Å². The maximum atomic E-state index is 6.79. The van der Waals surface area contributed by atoms with Crippen molar-refractivity contribution in [1.29, 1.82) is 0 Å². The zero-order valence-electron chi connectivity index (χ0n) is 5.35. The number of hydrogen-bond acceptors (Lipinski definition) is 2. The van der Waals surface area contributed by atoms with Gasteiger partial charge in [0, 0.05) is 9.62 Å². The first-order chi connectivity index (χ1) is 3.80. The van der Waals surface area contributed by atoms with Gasteiger partial charge in [-0.2, -0.15) is 0 Å². The number of rotatable bonds is 0. The van der Waals surface area contributed by atoms with Crippen molar-refractivity contribution < 1.29 is 7.48 Å². The van der Waals surface area contributed by atoms with Crippen molar-refractivity contribution in [2.24, 2.45) is 4.99 Å². The van der Waals surface area contributed by atoms with E-state index in [1.165, 1.54) is 0 Å². The van der Waals surface area contributed by atoms with Crippen molar-refractivity contribution in [3.05, 3.63) is 0 Å². The van der Waals surface area contributed by atoms with E-state index < -0.39 is 6.88 Å². The Balaban J connectivity index is 2.45. The molecule has 1 aliphatic heterocycles. The SMILES string of the molecule is [2H]C([2H])C1=NCCO1. The molecule has 1 rings (SSSR count). The topological polar surface area (TPSA) is 21.6 Å². The Morgan fingerprint density at radius 2 is 3.17 bits per heavy atom. The van der Waals surface area contributed by atoms with Gasteiger partial charge in [-0.3, -0.25) is 4.99 Å². The fourth-order valence-corrected chi connectivity index (χ4v) is 0.352. The Morgan fingerprint density at radius 3 is 3.50 bits per heavy atom. The highest BCUT2D eigenvalue weighted by Crippen LogP contribution is 1.89. The minimum Gasteiger partial charge on any atom is -0.479 e. The van der Waals surface area contributed by atoms with Crippen molar-refractivity contribution in [2.45, 2.75) is 6.88 Å². The highest BCUT2D eigenvalue weighted by molar-refractivity contribution is 5.74. The standard InChI is InChI=1S/C4H7NO/c1-4-5-2-3-6-4/h2-3H2,1H3/i1D2. The van der Waals surface area contributed by atoms with E-state index in [0.29, 0.717) is 13.2 Å². The second-order valence-corrected chi connectivity index (χ2v) is 1.07. The molecule has 0 aliphatic carbocycles. The van der Waals surface area contributed by atoms with Gasteiger partial charge in [0.25, 0.3) is 0 Å². The van der Waals surface area contributed by atoms with Crippen LogP contribution in [0.5, 0.6) is 0 Å². The lowest BCUT2D eigenvalue weighted by atomic mass is 10.8. The smallest absolute Gasteiger partial charge is 0.180 e. The van der Waals surface area contributed by atoms with Crippen LogP contribution in [0, 0.1) is 0 Å². The normalized spacial score (nSPS) is 25.2. The van der Waals surface area contributed by atoms with Crippen molar-refractivity contribution in [2.75, 3.05) is 13.2 Å². The van der Waals surface area contributed by atoms with Crippen LogP contribution in [0.2, 0.25) is 0 Å². The molecule has 0 N–H and O–H groups in total. The predicted octanol–water partition coefficient (Wildman–Crippen LogP) is 0.435. The Bertz CT molecular complexity index is 113. The molecule has 2 nitrogen and oxygen atoms in total. The molecular formula is C4H7NO. The lowest BCUT2D eigenvalue weighted by Crippen LogP contribution is -1.89. The summed E-state index contributed by atoms with van der Waals surface area (Å²) in [4.78, 5) is 3.75. The molecule has 0 atom stereocenters. The summed E-state index contributed by atoms with van der Waals surface area (Å²) in [6, 6.07) is 0. The predicted molar refractivity (Wildman–Crippen MR) is 23.9 cm³/mol. The zero-order valence-corrected chi connectivity index (χ0v) is 3.35. The first kappa shape index (κ1) is 1.96. The Kier molecular flexibility index (Phi) is 0.420. The van der Waals surface area contributed by atoms with E-state index in [1.54, 1.807) is 0 Å². The lowest BCUT2D eigenvalue weighted by molar-refractivity contribution is 0.345. The summed E-state index contributed by atoms with van der Waals surface area (Å²) in [6.07, 6.45) is 0.